The lowest BCUT2D eigenvalue weighted by Gasteiger charge is -2.28. The van der Waals surface area contributed by atoms with Crippen LogP contribution in [0.15, 0.2) is 6.08 Å². The molecule has 0 aromatic carbocycles. The van der Waals surface area contributed by atoms with Gasteiger partial charge in [-0.15, -0.1) is 0 Å². The number of amides is 1. The van der Waals surface area contributed by atoms with E-state index in [4.69, 9.17) is 0 Å². The molecule has 0 saturated carbocycles. The highest BCUT2D eigenvalue weighted by atomic mass is 16.2. The largest absolute Gasteiger partial charge is 0.324 e. The van der Waals surface area contributed by atoms with E-state index in [1.807, 2.05) is 26.8 Å². The second-order valence-electron chi connectivity index (χ2n) is 8.79. The number of allylic oxidation sites excluding steroid dienone is 1. The first-order valence-corrected chi connectivity index (χ1v) is 10.4. The van der Waals surface area contributed by atoms with Gasteiger partial charge < -0.3 is 4.90 Å². The molecule has 1 aliphatic heterocycles. The Bertz CT molecular complexity index is 832. The molecular weight excluding hydrogens is 354 g/mol. The third-order valence-electron chi connectivity index (χ3n) is 6.08. The Morgan fingerprint density at radius 1 is 1.29 bits per heavy atom. The number of ketones is 1. The van der Waals surface area contributed by atoms with Crippen molar-refractivity contribution >= 4 is 23.7 Å². The van der Waals surface area contributed by atoms with Crippen LogP contribution in [0.2, 0.25) is 0 Å². The molecule has 0 N–H and O–H groups in total. The molecule has 1 amide bonds. The van der Waals surface area contributed by atoms with Crippen molar-refractivity contribution in [1.29, 1.82) is 0 Å². The van der Waals surface area contributed by atoms with E-state index in [-0.39, 0.29) is 11.8 Å². The van der Waals surface area contributed by atoms with Gasteiger partial charge >= 0.3 is 0 Å². The number of carbonyl (C=O) groups is 3. The van der Waals surface area contributed by atoms with Gasteiger partial charge in [0.15, 0.2) is 0 Å². The molecule has 1 saturated heterocycles. The van der Waals surface area contributed by atoms with Gasteiger partial charge in [-0.1, -0.05) is 40.7 Å². The van der Waals surface area contributed by atoms with Crippen LogP contribution in [0.5, 0.6) is 0 Å². The molecule has 0 radical (unpaired) electrons. The SMILES string of the molecule is CCC(C)(C)C(=O)C(=O)N1CCC[C@H]1C(=O)n1c(C(C)C)nc2c1CCC=C2. The van der Waals surface area contributed by atoms with E-state index < -0.39 is 23.1 Å². The zero-order valence-corrected chi connectivity index (χ0v) is 17.6. The summed E-state index contributed by atoms with van der Waals surface area (Å²) in [6.45, 7) is 9.97. The van der Waals surface area contributed by atoms with Crippen molar-refractivity contribution in [3.8, 4) is 0 Å². The monoisotopic (exact) mass is 385 g/mol. The van der Waals surface area contributed by atoms with Gasteiger partial charge in [0.05, 0.1) is 11.4 Å². The average Bonchev–Trinajstić information content (AvgIpc) is 3.31. The molecule has 0 unspecified atom stereocenters. The predicted octanol–water partition coefficient (Wildman–Crippen LogP) is 3.60. The number of aromatic nitrogens is 2. The fraction of sp³-hybridized carbons (Fsp3) is 0.636. The number of hydrogen-bond acceptors (Lipinski definition) is 4. The lowest BCUT2D eigenvalue weighted by atomic mass is 9.84. The maximum atomic E-state index is 13.6. The number of fused-ring (bicyclic) bond motifs is 1. The standard InChI is InChI=1S/C22H31N3O3/c1-6-22(4,5)18(26)21(28)24-13-9-12-17(24)20(27)25-16-11-8-7-10-15(16)23-19(25)14(2)3/h7,10,14,17H,6,8-9,11-13H2,1-5H3/t17-/m0/s1. The maximum Gasteiger partial charge on any atom is 0.291 e. The lowest BCUT2D eigenvalue weighted by molar-refractivity contribution is -0.149. The van der Waals surface area contributed by atoms with Crippen LogP contribution in [-0.4, -0.2) is 44.6 Å². The number of imidazole rings is 1. The van der Waals surface area contributed by atoms with Gasteiger partial charge in [-0.25, -0.2) is 4.98 Å². The van der Waals surface area contributed by atoms with Crippen LogP contribution < -0.4 is 0 Å². The van der Waals surface area contributed by atoms with Crippen molar-refractivity contribution in [1.82, 2.24) is 14.5 Å². The van der Waals surface area contributed by atoms with Crippen molar-refractivity contribution in [2.24, 2.45) is 5.41 Å². The number of carbonyl (C=O) groups excluding carboxylic acids is 3. The van der Waals surface area contributed by atoms with E-state index in [0.717, 1.165) is 36.5 Å². The Morgan fingerprint density at radius 3 is 2.64 bits per heavy atom. The van der Waals surface area contributed by atoms with Crippen LogP contribution in [-0.2, 0) is 16.0 Å². The summed E-state index contributed by atoms with van der Waals surface area (Å²) < 4.78 is 1.73. The molecule has 0 bridgehead atoms. The van der Waals surface area contributed by atoms with Gasteiger partial charge in [0, 0.05) is 17.9 Å². The number of hydrogen-bond donors (Lipinski definition) is 0. The Balaban J connectivity index is 1.94. The van der Waals surface area contributed by atoms with Gasteiger partial charge in [0.25, 0.3) is 11.8 Å². The first-order valence-electron chi connectivity index (χ1n) is 10.4. The molecule has 1 atom stereocenters. The lowest BCUT2D eigenvalue weighted by Crippen LogP contribution is -2.49. The van der Waals surface area contributed by atoms with E-state index >= 15 is 0 Å². The number of rotatable bonds is 5. The minimum Gasteiger partial charge on any atom is -0.324 e. The topological polar surface area (TPSA) is 72.3 Å². The highest BCUT2D eigenvalue weighted by molar-refractivity contribution is 6.38. The van der Waals surface area contributed by atoms with E-state index in [1.54, 1.807) is 18.4 Å². The fourth-order valence-corrected chi connectivity index (χ4v) is 3.91. The molecule has 28 heavy (non-hydrogen) atoms. The average molecular weight is 386 g/mol. The summed E-state index contributed by atoms with van der Waals surface area (Å²) in [5.74, 6) is -0.229. The predicted molar refractivity (Wildman–Crippen MR) is 108 cm³/mol. The van der Waals surface area contributed by atoms with Crippen molar-refractivity contribution in [3.63, 3.8) is 0 Å². The van der Waals surface area contributed by atoms with Crippen molar-refractivity contribution < 1.29 is 14.4 Å². The van der Waals surface area contributed by atoms with E-state index in [2.05, 4.69) is 11.1 Å². The minimum absolute atomic E-state index is 0.0918. The van der Waals surface area contributed by atoms with Gasteiger partial charge in [0.1, 0.15) is 11.9 Å². The molecule has 0 spiro atoms. The molecule has 3 rings (SSSR count). The molecule has 1 fully saturated rings. The number of nitrogens with zero attached hydrogens (tertiary/aromatic N) is 3. The summed E-state index contributed by atoms with van der Waals surface area (Å²) in [6.07, 6.45) is 7.59. The molecule has 1 aromatic heterocycles. The van der Waals surface area contributed by atoms with Crippen LogP contribution in [0.1, 0.15) is 88.2 Å². The van der Waals surface area contributed by atoms with Gasteiger partial charge in [-0.05, 0) is 38.2 Å². The molecule has 152 valence electrons. The van der Waals surface area contributed by atoms with E-state index in [1.165, 1.54) is 4.90 Å². The third kappa shape index (κ3) is 3.45. The van der Waals surface area contributed by atoms with Crippen molar-refractivity contribution in [2.45, 2.75) is 78.7 Å². The molecular formula is C22H31N3O3. The summed E-state index contributed by atoms with van der Waals surface area (Å²) in [4.78, 5) is 45.4. The highest BCUT2D eigenvalue weighted by Crippen LogP contribution is 2.29. The molecule has 1 aromatic rings. The Hall–Kier alpha value is -2.24. The van der Waals surface area contributed by atoms with Crippen LogP contribution in [0.3, 0.4) is 0 Å². The van der Waals surface area contributed by atoms with Crippen molar-refractivity contribution in [3.05, 3.63) is 23.3 Å². The highest BCUT2D eigenvalue weighted by Gasteiger charge is 2.42. The van der Waals surface area contributed by atoms with Crippen molar-refractivity contribution in [2.75, 3.05) is 6.54 Å². The zero-order valence-electron chi connectivity index (χ0n) is 17.6. The summed E-state index contributed by atoms with van der Waals surface area (Å²) >= 11 is 0. The Kier molecular flexibility index (Phi) is 5.60. The smallest absolute Gasteiger partial charge is 0.291 e. The first-order chi connectivity index (χ1) is 13.2. The molecule has 6 heteroatoms. The molecule has 1 aliphatic carbocycles. The Morgan fingerprint density at radius 2 is 2.00 bits per heavy atom. The molecule has 2 heterocycles. The summed E-state index contributed by atoms with van der Waals surface area (Å²) in [5, 5.41) is 0. The summed E-state index contributed by atoms with van der Waals surface area (Å²) in [6, 6.07) is -0.592. The summed E-state index contributed by atoms with van der Waals surface area (Å²) in [7, 11) is 0. The second kappa shape index (κ2) is 7.64. The number of likely N-dealkylation sites (tertiary alicyclic amines) is 1. The number of Topliss-reactive ketones (excluding diaryl/α,β-unsaturated/α-hetero) is 1. The second-order valence-corrected chi connectivity index (χ2v) is 8.79. The summed E-state index contributed by atoms with van der Waals surface area (Å²) in [5.41, 5.74) is 1.06. The zero-order chi connectivity index (χ0) is 20.6. The quantitative estimate of drug-likeness (QED) is 0.726. The first kappa shape index (κ1) is 20.5. The minimum atomic E-state index is -0.713. The molecule has 2 aliphatic rings. The fourth-order valence-electron chi connectivity index (χ4n) is 3.91. The van der Waals surface area contributed by atoms with Gasteiger partial charge in [0.2, 0.25) is 5.78 Å². The third-order valence-corrected chi connectivity index (χ3v) is 6.08. The molecule has 6 nitrogen and oxygen atoms in total. The van der Waals surface area contributed by atoms with Crippen LogP contribution in [0, 0.1) is 5.41 Å². The normalized spacial score (nSPS) is 19.2. The van der Waals surface area contributed by atoms with Crippen LogP contribution >= 0.6 is 0 Å². The maximum absolute atomic E-state index is 13.6. The van der Waals surface area contributed by atoms with Gasteiger partial charge in [-0.3, -0.25) is 19.0 Å². The van der Waals surface area contributed by atoms with Crippen LogP contribution in [0.4, 0.5) is 0 Å². The van der Waals surface area contributed by atoms with E-state index in [0.29, 0.717) is 19.4 Å². The van der Waals surface area contributed by atoms with Gasteiger partial charge in [-0.2, -0.15) is 0 Å². The van der Waals surface area contributed by atoms with E-state index in [9.17, 15) is 14.4 Å². The van der Waals surface area contributed by atoms with Crippen LogP contribution in [0.25, 0.3) is 6.08 Å². The Labute approximate surface area is 167 Å².